The Labute approximate surface area is 268 Å². The Kier molecular flexibility index (Phi) is 12.4. The van der Waals surface area contributed by atoms with E-state index in [1.807, 2.05) is 60.7 Å². The van der Waals surface area contributed by atoms with Gasteiger partial charge in [0.1, 0.15) is 30.0 Å². The van der Waals surface area contributed by atoms with Crippen molar-refractivity contribution in [3.8, 4) is 17.2 Å². The molecule has 0 spiro atoms. The van der Waals surface area contributed by atoms with Gasteiger partial charge in [-0.1, -0.05) is 63.2 Å². The van der Waals surface area contributed by atoms with Crippen molar-refractivity contribution in [2.75, 3.05) is 41.0 Å². The fourth-order valence-electron chi connectivity index (χ4n) is 4.70. The first-order valence-corrected chi connectivity index (χ1v) is 18.2. The lowest BCUT2D eigenvalue weighted by atomic mass is 9.93. The van der Waals surface area contributed by atoms with Crippen molar-refractivity contribution >= 4 is 8.32 Å². The number of benzene rings is 3. The van der Waals surface area contributed by atoms with Crippen LogP contribution in [0.1, 0.15) is 67.4 Å². The van der Waals surface area contributed by atoms with E-state index in [-0.39, 0.29) is 18.6 Å². The summed E-state index contributed by atoms with van der Waals surface area (Å²) < 4.78 is 47.6. The van der Waals surface area contributed by atoms with Crippen LogP contribution < -0.4 is 14.2 Å². The van der Waals surface area contributed by atoms with E-state index in [1.54, 1.807) is 14.2 Å². The number of methoxy groups -OCH3 is 2. The first-order valence-electron chi connectivity index (χ1n) is 15.3. The van der Waals surface area contributed by atoms with Crippen LogP contribution in [0.25, 0.3) is 0 Å². The smallest absolute Gasteiger partial charge is 0.192 e. The molecule has 0 saturated carbocycles. The average molecular weight is 641 g/mol. The van der Waals surface area contributed by atoms with Gasteiger partial charge in [-0.25, -0.2) is 0 Å². The number of hydrogen-bond acceptors (Lipinski definition) is 9. The highest BCUT2D eigenvalue weighted by Crippen LogP contribution is 2.45. The Hall–Kier alpha value is -2.96. The molecule has 10 heteroatoms. The molecule has 4 rings (SSSR count). The summed E-state index contributed by atoms with van der Waals surface area (Å²) in [6.45, 7) is 12.7. The zero-order valence-electron chi connectivity index (χ0n) is 27.6. The molecule has 246 valence electrons. The molecule has 1 aliphatic rings. The van der Waals surface area contributed by atoms with Gasteiger partial charge in [0.15, 0.2) is 28.2 Å². The molecule has 0 amide bonds. The lowest BCUT2D eigenvalue weighted by Crippen LogP contribution is -2.40. The third-order valence-corrected chi connectivity index (χ3v) is 12.7. The van der Waals surface area contributed by atoms with Crippen molar-refractivity contribution in [2.45, 2.75) is 70.9 Å². The second kappa shape index (κ2) is 16.0. The molecule has 0 aromatic heterocycles. The maximum atomic E-state index is 12.3. The van der Waals surface area contributed by atoms with Gasteiger partial charge in [-0.2, -0.15) is 0 Å². The minimum atomic E-state index is -2.06. The predicted octanol–water partition coefficient (Wildman–Crippen LogP) is 7.27. The maximum Gasteiger partial charge on any atom is 0.192 e. The van der Waals surface area contributed by atoms with Crippen LogP contribution in [-0.2, 0) is 36.6 Å². The lowest BCUT2D eigenvalue weighted by Gasteiger charge is -2.36. The van der Waals surface area contributed by atoms with Gasteiger partial charge in [0.05, 0.1) is 25.4 Å². The monoisotopic (exact) mass is 640 g/mol. The minimum absolute atomic E-state index is 0.0379. The van der Waals surface area contributed by atoms with Gasteiger partial charge in [0.25, 0.3) is 0 Å². The Balaban J connectivity index is 1.81. The highest BCUT2D eigenvalue weighted by atomic mass is 28.4. The van der Waals surface area contributed by atoms with Gasteiger partial charge in [-0.15, -0.1) is 0 Å². The predicted molar refractivity (Wildman–Crippen MR) is 174 cm³/mol. The van der Waals surface area contributed by atoms with Crippen molar-refractivity contribution in [1.82, 2.24) is 0 Å². The van der Waals surface area contributed by atoms with Crippen molar-refractivity contribution in [3.63, 3.8) is 0 Å². The quantitative estimate of drug-likeness (QED) is 0.136. The first-order chi connectivity index (χ1) is 21.6. The third kappa shape index (κ3) is 9.07. The van der Waals surface area contributed by atoms with Crippen LogP contribution in [-0.4, -0.2) is 54.4 Å². The van der Waals surface area contributed by atoms with Gasteiger partial charge in [0, 0.05) is 25.3 Å². The highest BCUT2D eigenvalue weighted by Gasteiger charge is 2.37. The largest absolute Gasteiger partial charge is 0.488 e. The molecular formula is C35H48O9Si. The molecule has 1 aliphatic heterocycles. The molecule has 3 aromatic carbocycles. The second-order valence-electron chi connectivity index (χ2n) is 12.5. The van der Waals surface area contributed by atoms with Crippen LogP contribution in [0.3, 0.4) is 0 Å². The standard InChI is InChI=1S/C35H48O9Si/c1-35(2,3)45(6,7)44-22-26-19-29(42-23-37-4)32(30(20-26)43-24-38-5)33(36)31-27(34-39-17-12-18-40-34)15-11-16-28(31)41-21-25-13-9-8-10-14-25/h8-11,13-16,19-20,33-34,36H,12,17-18,21-24H2,1-7H3. The van der Waals surface area contributed by atoms with Gasteiger partial charge >= 0.3 is 0 Å². The summed E-state index contributed by atoms with van der Waals surface area (Å²) in [6.07, 6.45) is -1.14. The normalized spacial score (nSPS) is 15.1. The van der Waals surface area contributed by atoms with Crippen LogP contribution in [0.2, 0.25) is 18.1 Å². The molecule has 0 radical (unpaired) electrons. The topological polar surface area (TPSA) is 94.1 Å². The van der Waals surface area contributed by atoms with E-state index < -0.39 is 20.7 Å². The van der Waals surface area contributed by atoms with E-state index in [9.17, 15) is 5.11 Å². The van der Waals surface area contributed by atoms with E-state index in [1.165, 1.54) is 0 Å². The molecule has 1 atom stereocenters. The van der Waals surface area contributed by atoms with Crippen LogP contribution in [0, 0.1) is 0 Å². The van der Waals surface area contributed by atoms with Gasteiger partial charge in [0.2, 0.25) is 0 Å². The lowest BCUT2D eigenvalue weighted by molar-refractivity contribution is -0.183. The third-order valence-electron chi connectivity index (χ3n) is 8.20. The van der Waals surface area contributed by atoms with E-state index in [2.05, 4.69) is 33.9 Å². The summed E-state index contributed by atoms with van der Waals surface area (Å²) in [5, 5.41) is 12.4. The zero-order valence-corrected chi connectivity index (χ0v) is 28.6. The van der Waals surface area contributed by atoms with Crippen molar-refractivity contribution in [1.29, 1.82) is 0 Å². The number of hydrogen-bond donors (Lipinski definition) is 1. The summed E-state index contributed by atoms with van der Waals surface area (Å²) in [4.78, 5) is 0. The first kappa shape index (κ1) is 34.9. The van der Waals surface area contributed by atoms with Crippen LogP contribution in [0.15, 0.2) is 60.7 Å². The average Bonchev–Trinajstić information content (AvgIpc) is 3.04. The van der Waals surface area contributed by atoms with Crippen LogP contribution in [0.5, 0.6) is 17.2 Å². The molecule has 0 bridgehead atoms. The molecule has 9 nitrogen and oxygen atoms in total. The second-order valence-corrected chi connectivity index (χ2v) is 17.3. The minimum Gasteiger partial charge on any atom is -0.488 e. The summed E-state index contributed by atoms with van der Waals surface area (Å²) in [7, 11) is 1.04. The fourth-order valence-corrected chi connectivity index (χ4v) is 5.66. The SMILES string of the molecule is COCOc1cc(CO[Si](C)(C)C(C)(C)C)cc(OCOC)c1C(O)c1c(OCc2ccccc2)cccc1C1OCCCO1. The van der Waals surface area contributed by atoms with Crippen molar-refractivity contribution in [2.24, 2.45) is 0 Å². The maximum absolute atomic E-state index is 12.3. The summed E-state index contributed by atoms with van der Waals surface area (Å²) in [6, 6.07) is 19.2. The Morgan fingerprint density at radius 3 is 1.98 bits per heavy atom. The van der Waals surface area contributed by atoms with Gasteiger partial charge < -0.3 is 42.7 Å². The van der Waals surface area contributed by atoms with Crippen molar-refractivity contribution < 1.29 is 42.7 Å². The van der Waals surface area contributed by atoms with E-state index in [0.29, 0.717) is 60.4 Å². The summed E-state index contributed by atoms with van der Waals surface area (Å²) in [5.74, 6) is 1.27. The molecule has 45 heavy (non-hydrogen) atoms. The Morgan fingerprint density at radius 1 is 0.778 bits per heavy atom. The molecule has 1 fully saturated rings. The number of ether oxygens (including phenoxy) is 7. The molecule has 3 aromatic rings. The molecule has 1 heterocycles. The van der Waals surface area contributed by atoms with Crippen LogP contribution >= 0.6 is 0 Å². The molecule has 1 N–H and O–H groups in total. The summed E-state index contributed by atoms with van der Waals surface area (Å²) in [5.41, 5.74) is 3.38. The zero-order chi connectivity index (χ0) is 32.5. The van der Waals surface area contributed by atoms with E-state index in [4.69, 9.17) is 37.6 Å². The Morgan fingerprint density at radius 2 is 1.40 bits per heavy atom. The summed E-state index contributed by atoms with van der Waals surface area (Å²) >= 11 is 0. The Bertz CT molecular complexity index is 1320. The van der Waals surface area contributed by atoms with Crippen LogP contribution in [0.4, 0.5) is 0 Å². The fraction of sp³-hybridized carbons (Fsp3) is 0.486. The molecular weight excluding hydrogens is 592 g/mol. The molecule has 1 unspecified atom stereocenters. The molecule has 1 saturated heterocycles. The molecule has 0 aliphatic carbocycles. The van der Waals surface area contributed by atoms with Crippen molar-refractivity contribution in [3.05, 3.63) is 88.5 Å². The van der Waals surface area contributed by atoms with E-state index in [0.717, 1.165) is 17.5 Å². The van der Waals surface area contributed by atoms with Gasteiger partial charge in [-0.05, 0) is 53.9 Å². The van der Waals surface area contributed by atoms with E-state index >= 15 is 0 Å². The number of rotatable bonds is 15. The number of aliphatic hydroxyl groups is 1. The van der Waals surface area contributed by atoms with Gasteiger partial charge in [-0.3, -0.25) is 0 Å². The number of aliphatic hydroxyl groups excluding tert-OH is 1. The highest BCUT2D eigenvalue weighted by molar-refractivity contribution is 6.74.